The first-order valence-corrected chi connectivity index (χ1v) is 4.90. The molecule has 0 fully saturated rings. The van der Waals surface area contributed by atoms with Crippen LogP contribution in [0.15, 0.2) is 35.1 Å². The van der Waals surface area contributed by atoms with Crippen LogP contribution in [-0.2, 0) is 6.61 Å². The van der Waals surface area contributed by atoms with E-state index in [4.69, 9.17) is 5.11 Å². The molecule has 2 aromatic heterocycles. The lowest BCUT2D eigenvalue weighted by atomic mass is 10.2. The maximum atomic E-state index is 11.7. The third-order valence-corrected chi connectivity index (χ3v) is 2.56. The molecule has 2 heterocycles. The number of aliphatic hydroxyl groups excluding tert-OH is 1. The Morgan fingerprint density at radius 1 is 1.38 bits per heavy atom. The molecule has 0 atom stereocenters. The molecule has 0 bridgehead atoms. The lowest BCUT2D eigenvalue weighted by Gasteiger charge is -1.97. The number of rotatable bonds is 1. The molecule has 0 amide bonds. The highest BCUT2D eigenvalue weighted by Gasteiger charge is 2.07. The van der Waals surface area contributed by atoms with E-state index in [0.717, 1.165) is 10.9 Å². The second-order valence-corrected chi connectivity index (χ2v) is 3.57. The average molecular weight is 215 g/mol. The molecule has 5 heteroatoms. The summed E-state index contributed by atoms with van der Waals surface area (Å²) in [6.45, 7) is -0.130. The quantitative estimate of drug-likeness (QED) is 0.626. The number of nitrogens with one attached hydrogen (secondary N) is 1. The highest BCUT2D eigenvalue weighted by atomic mass is 16.3. The third-order valence-electron chi connectivity index (χ3n) is 2.56. The molecule has 0 spiro atoms. The van der Waals surface area contributed by atoms with Crippen molar-refractivity contribution >= 4 is 16.4 Å². The van der Waals surface area contributed by atoms with E-state index in [9.17, 15) is 4.79 Å². The zero-order valence-electron chi connectivity index (χ0n) is 8.34. The minimum absolute atomic E-state index is 0.130. The van der Waals surface area contributed by atoms with Gasteiger partial charge in [-0.25, -0.2) is 9.31 Å². The van der Waals surface area contributed by atoms with Gasteiger partial charge in [0.2, 0.25) is 0 Å². The fourth-order valence-electron chi connectivity index (χ4n) is 1.84. The van der Waals surface area contributed by atoms with Gasteiger partial charge in [0.1, 0.15) is 0 Å². The average Bonchev–Trinajstić information content (AvgIpc) is 2.74. The summed E-state index contributed by atoms with van der Waals surface area (Å²) in [6.07, 6.45) is 0. The van der Waals surface area contributed by atoms with Crippen LogP contribution in [0.2, 0.25) is 0 Å². The molecule has 80 valence electrons. The van der Waals surface area contributed by atoms with Crippen molar-refractivity contribution in [2.75, 3.05) is 0 Å². The normalized spacial score (nSPS) is 11.3. The zero-order chi connectivity index (χ0) is 11.1. The van der Waals surface area contributed by atoms with Crippen molar-refractivity contribution in [1.29, 1.82) is 0 Å². The van der Waals surface area contributed by atoms with Crippen molar-refractivity contribution in [2.24, 2.45) is 0 Å². The van der Waals surface area contributed by atoms with Crippen molar-refractivity contribution in [2.45, 2.75) is 6.61 Å². The summed E-state index contributed by atoms with van der Waals surface area (Å²) in [5, 5.41) is 12.7. The van der Waals surface area contributed by atoms with E-state index < -0.39 is 0 Å². The Hall–Kier alpha value is -2.14. The van der Waals surface area contributed by atoms with E-state index in [1.807, 2.05) is 18.2 Å². The van der Waals surface area contributed by atoms with Crippen LogP contribution < -0.4 is 5.69 Å². The molecule has 0 saturated heterocycles. The summed E-state index contributed by atoms with van der Waals surface area (Å²) in [4.78, 5) is 15.6. The van der Waals surface area contributed by atoms with Gasteiger partial charge in [0, 0.05) is 5.39 Å². The largest absolute Gasteiger partial charge is 0.390 e. The molecule has 0 aliphatic rings. The SMILES string of the molecule is O=c1nc2ccccc2c2cc(CO)[nH]n12. The summed E-state index contributed by atoms with van der Waals surface area (Å²) < 4.78 is 1.34. The van der Waals surface area contributed by atoms with Crippen molar-refractivity contribution in [1.82, 2.24) is 14.6 Å². The number of aromatic amines is 1. The Labute approximate surface area is 90.0 Å². The van der Waals surface area contributed by atoms with Gasteiger partial charge >= 0.3 is 5.69 Å². The Morgan fingerprint density at radius 2 is 2.19 bits per heavy atom. The van der Waals surface area contributed by atoms with E-state index >= 15 is 0 Å². The van der Waals surface area contributed by atoms with E-state index in [-0.39, 0.29) is 12.3 Å². The van der Waals surface area contributed by atoms with Gasteiger partial charge in [-0.2, -0.15) is 4.98 Å². The number of H-pyrrole nitrogens is 1. The first-order chi connectivity index (χ1) is 7.79. The molecule has 1 aromatic carbocycles. The van der Waals surface area contributed by atoms with Crippen LogP contribution in [0.4, 0.5) is 0 Å². The highest BCUT2D eigenvalue weighted by molar-refractivity contribution is 5.93. The van der Waals surface area contributed by atoms with Gasteiger partial charge in [-0.1, -0.05) is 18.2 Å². The lowest BCUT2D eigenvalue weighted by Crippen LogP contribution is -2.17. The molecule has 0 saturated carbocycles. The fraction of sp³-hybridized carbons (Fsp3) is 0.0909. The number of hydrogen-bond donors (Lipinski definition) is 2. The first-order valence-electron chi connectivity index (χ1n) is 4.90. The molecule has 5 nitrogen and oxygen atoms in total. The van der Waals surface area contributed by atoms with E-state index in [2.05, 4.69) is 10.1 Å². The van der Waals surface area contributed by atoms with Gasteiger partial charge in [0.05, 0.1) is 23.3 Å². The number of aromatic nitrogens is 3. The number of fused-ring (bicyclic) bond motifs is 3. The number of aliphatic hydroxyl groups is 1. The van der Waals surface area contributed by atoms with Crippen molar-refractivity contribution in [3.05, 3.63) is 46.5 Å². The van der Waals surface area contributed by atoms with Crippen LogP contribution in [-0.4, -0.2) is 19.7 Å². The minimum Gasteiger partial charge on any atom is -0.390 e. The molecule has 0 aliphatic carbocycles. The molecule has 3 aromatic rings. The maximum Gasteiger partial charge on any atom is 0.367 e. The summed E-state index contributed by atoms with van der Waals surface area (Å²) >= 11 is 0. The summed E-state index contributed by atoms with van der Waals surface area (Å²) in [5.74, 6) is 0. The van der Waals surface area contributed by atoms with Crippen LogP contribution in [0, 0.1) is 0 Å². The molecule has 0 radical (unpaired) electrons. The van der Waals surface area contributed by atoms with Crippen LogP contribution in [0.3, 0.4) is 0 Å². The van der Waals surface area contributed by atoms with E-state index in [1.54, 1.807) is 12.1 Å². The topological polar surface area (TPSA) is 70.4 Å². The Morgan fingerprint density at radius 3 is 3.00 bits per heavy atom. The van der Waals surface area contributed by atoms with Gasteiger partial charge < -0.3 is 5.11 Å². The zero-order valence-corrected chi connectivity index (χ0v) is 8.34. The monoisotopic (exact) mass is 215 g/mol. The van der Waals surface area contributed by atoms with Crippen LogP contribution in [0.5, 0.6) is 0 Å². The predicted octanol–water partition coefficient (Wildman–Crippen LogP) is 0.668. The second kappa shape index (κ2) is 3.18. The lowest BCUT2D eigenvalue weighted by molar-refractivity contribution is 0.276. The van der Waals surface area contributed by atoms with Gasteiger partial charge in [0.15, 0.2) is 0 Å². The standard InChI is InChI=1S/C11H9N3O2/c15-6-7-5-10-8-3-1-2-4-9(8)12-11(16)14(10)13-7/h1-5,13,15H,6H2. The maximum absolute atomic E-state index is 11.7. The van der Waals surface area contributed by atoms with Crippen LogP contribution in [0.1, 0.15) is 5.69 Å². The third kappa shape index (κ3) is 1.15. The number of hydrogen-bond acceptors (Lipinski definition) is 3. The highest BCUT2D eigenvalue weighted by Crippen LogP contribution is 2.16. The molecule has 2 N–H and O–H groups in total. The molecule has 16 heavy (non-hydrogen) atoms. The number of para-hydroxylation sites is 1. The fourth-order valence-corrected chi connectivity index (χ4v) is 1.84. The molecule has 3 rings (SSSR count). The van der Waals surface area contributed by atoms with Crippen molar-refractivity contribution in [3.8, 4) is 0 Å². The second-order valence-electron chi connectivity index (χ2n) is 3.57. The first kappa shape index (κ1) is 9.11. The van der Waals surface area contributed by atoms with Crippen LogP contribution >= 0.6 is 0 Å². The summed E-state index contributed by atoms with van der Waals surface area (Å²) in [7, 11) is 0. The van der Waals surface area contributed by atoms with Gasteiger partial charge in [-0.15, -0.1) is 0 Å². The number of benzene rings is 1. The minimum atomic E-state index is -0.367. The van der Waals surface area contributed by atoms with Gasteiger partial charge in [-0.05, 0) is 12.1 Å². The molecular formula is C11H9N3O2. The van der Waals surface area contributed by atoms with E-state index in [0.29, 0.717) is 11.2 Å². The smallest absolute Gasteiger partial charge is 0.367 e. The molecule has 0 unspecified atom stereocenters. The van der Waals surface area contributed by atoms with Crippen molar-refractivity contribution < 1.29 is 5.11 Å². The van der Waals surface area contributed by atoms with Gasteiger partial charge in [0.25, 0.3) is 0 Å². The van der Waals surface area contributed by atoms with Crippen LogP contribution in [0.25, 0.3) is 16.4 Å². The summed E-state index contributed by atoms with van der Waals surface area (Å²) in [5.41, 5.74) is 1.62. The predicted molar refractivity (Wildman–Crippen MR) is 59.2 cm³/mol. The van der Waals surface area contributed by atoms with E-state index in [1.165, 1.54) is 4.52 Å². The number of nitrogens with zero attached hydrogens (tertiary/aromatic N) is 2. The van der Waals surface area contributed by atoms with Gasteiger partial charge in [-0.3, -0.25) is 5.10 Å². The summed E-state index contributed by atoms with van der Waals surface area (Å²) in [6, 6.07) is 9.17. The van der Waals surface area contributed by atoms with Crippen molar-refractivity contribution in [3.63, 3.8) is 0 Å². The molecular weight excluding hydrogens is 206 g/mol. The Kier molecular flexibility index (Phi) is 1.81. The Balaban J connectivity index is 2.57. The Bertz CT molecular complexity index is 727. The molecule has 0 aliphatic heterocycles.